The van der Waals surface area contributed by atoms with Gasteiger partial charge in [-0.05, 0) is 37.5 Å². The minimum absolute atomic E-state index is 0.00569. The maximum Gasteiger partial charge on any atom is 0.407 e. The third-order valence-electron chi connectivity index (χ3n) is 12.3. The van der Waals surface area contributed by atoms with Crippen LogP contribution in [-0.2, 0) is 106 Å². The van der Waals surface area contributed by atoms with Crippen LogP contribution < -0.4 is 37.4 Å². The summed E-state index contributed by atoms with van der Waals surface area (Å²) in [5.41, 5.74) is 0.809. The van der Waals surface area contributed by atoms with Crippen LogP contribution in [0.3, 0.4) is 0 Å². The number of methoxy groups -OCH3 is 1. The molecule has 0 bridgehead atoms. The molecule has 488 valence electrons. The van der Waals surface area contributed by atoms with Crippen molar-refractivity contribution in [3.05, 3.63) is 80.6 Å². The zero-order valence-corrected chi connectivity index (χ0v) is 51.0. The molecule has 0 aliphatic carbocycles. The van der Waals surface area contributed by atoms with Crippen LogP contribution >= 0.6 is 0 Å². The number of ether oxygens (including phenoxy) is 14. The Morgan fingerprint density at radius 1 is 0.602 bits per heavy atom. The van der Waals surface area contributed by atoms with E-state index in [9.17, 15) is 47.9 Å². The third-order valence-corrected chi connectivity index (χ3v) is 12.3. The first-order valence-corrected chi connectivity index (χ1v) is 28.5. The van der Waals surface area contributed by atoms with E-state index in [1.165, 1.54) is 0 Å². The van der Waals surface area contributed by atoms with Crippen LogP contribution in [0.1, 0.15) is 60.5 Å². The summed E-state index contributed by atoms with van der Waals surface area (Å²) in [6, 6.07) is 15.3. The molecule has 1 saturated heterocycles. The SMILES string of the molecule is COC(=O)[C@@]1(OCCOCCOCCNc2c(NCCOCCOCCOCCOCCNC(=O)OC(C)(C)C)c(=O)c2=O)C[C@H](OC(C)=O)[C@@H](NC(=O)COC(C)=O)[C@H]([C@H](OC(C)=O)[C@@H](CNC(=O)Cc2ccc(-c3ccccc3)cc2)OC(C)=O)O1. The van der Waals surface area contributed by atoms with E-state index in [0.29, 0.717) is 51.7 Å². The molecule has 0 aromatic heterocycles. The molecule has 1 aliphatic heterocycles. The fraction of sp³-hybridized carbons (Fsp3) is 0.593. The average Bonchev–Trinajstić information content (AvgIpc) is 1.32. The van der Waals surface area contributed by atoms with E-state index >= 15 is 0 Å². The molecule has 0 unspecified atom stereocenters. The predicted molar refractivity (Wildman–Crippen MR) is 311 cm³/mol. The second-order valence-electron chi connectivity index (χ2n) is 20.5. The van der Waals surface area contributed by atoms with Crippen molar-refractivity contribution in [3.8, 4) is 11.1 Å². The van der Waals surface area contributed by atoms with Crippen molar-refractivity contribution in [2.45, 2.75) is 103 Å². The number of hydrogen-bond donors (Lipinski definition) is 5. The molecule has 3 amide bonds. The molecule has 88 heavy (non-hydrogen) atoms. The molecular formula is C59H83N5O24. The summed E-state index contributed by atoms with van der Waals surface area (Å²) in [5, 5.41) is 13.6. The molecule has 0 saturated carbocycles. The number of nitrogens with one attached hydrogen (secondary N) is 5. The van der Waals surface area contributed by atoms with Gasteiger partial charge in [-0.25, -0.2) is 9.59 Å². The number of alkyl carbamates (subject to hydrolysis) is 1. The molecule has 0 radical (unpaired) electrons. The molecule has 3 aromatic carbocycles. The Hall–Kier alpha value is -7.64. The minimum Gasteiger partial charge on any atom is -0.465 e. The maximum atomic E-state index is 13.9. The van der Waals surface area contributed by atoms with Gasteiger partial charge >= 0.3 is 35.9 Å². The van der Waals surface area contributed by atoms with Crippen LogP contribution in [0.4, 0.5) is 16.2 Å². The van der Waals surface area contributed by atoms with Crippen LogP contribution in [0.25, 0.3) is 11.1 Å². The van der Waals surface area contributed by atoms with E-state index < -0.39 is 127 Å². The predicted octanol–water partition coefficient (Wildman–Crippen LogP) is 1.27. The van der Waals surface area contributed by atoms with Crippen LogP contribution in [0.15, 0.2) is 64.2 Å². The molecule has 29 heteroatoms. The van der Waals surface area contributed by atoms with Gasteiger partial charge in [-0.2, -0.15) is 0 Å². The second kappa shape index (κ2) is 38.6. The summed E-state index contributed by atoms with van der Waals surface area (Å²) in [6.07, 6.45) is -8.11. The number of carbonyl (C=O) groups is 8. The first-order chi connectivity index (χ1) is 42.0. The van der Waals surface area contributed by atoms with Crippen LogP contribution in [0, 0.1) is 0 Å². The van der Waals surface area contributed by atoms with E-state index in [-0.39, 0.29) is 70.5 Å². The van der Waals surface area contributed by atoms with Crippen molar-refractivity contribution in [2.75, 3.05) is 136 Å². The van der Waals surface area contributed by atoms with Gasteiger partial charge in [-0.3, -0.25) is 38.4 Å². The summed E-state index contributed by atoms with van der Waals surface area (Å²) >= 11 is 0. The Labute approximate surface area is 509 Å². The van der Waals surface area contributed by atoms with Crippen LogP contribution in [-0.4, -0.2) is 215 Å². The van der Waals surface area contributed by atoms with Crippen molar-refractivity contribution < 1.29 is 105 Å². The molecule has 5 N–H and O–H groups in total. The molecule has 4 rings (SSSR count). The lowest BCUT2D eigenvalue weighted by Crippen LogP contribution is -2.70. The summed E-state index contributed by atoms with van der Waals surface area (Å²) in [7, 11) is 1.01. The highest BCUT2D eigenvalue weighted by Gasteiger charge is 2.59. The van der Waals surface area contributed by atoms with Gasteiger partial charge in [0.1, 0.15) is 29.2 Å². The van der Waals surface area contributed by atoms with E-state index in [2.05, 4.69) is 26.6 Å². The zero-order chi connectivity index (χ0) is 64.5. The molecule has 6 atom stereocenters. The lowest BCUT2D eigenvalue weighted by Gasteiger charge is -2.48. The fourth-order valence-electron chi connectivity index (χ4n) is 8.56. The van der Waals surface area contributed by atoms with E-state index in [1.807, 2.05) is 42.5 Å². The molecule has 29 nitrogen and oxygen atoms in total. The fourth-order valence-corrected chi connectivity index (χ4v) is 8.56. The topological polar surface area (TPSA) is 360 Å². The standard InChI is InChI=1S/C59H83N5O24/c1-38(65)82-37-48(70)64-49-45(84-39(2)66)35-59(56(73)75-8,87-55(49)54(86-41(4)68)46(85-40(3)67)36-63-47(69)34-42-14-16-44(17-15-42)43-12-10-9-11-13-43)83-33-32-81-29-26-77-22-19-61-51-50(52(71)53(51)72)60-18-21-76-24-27-79-30-31-80-28-25-78-23-20-62-57(74)88-58(5,6)7/h9-17,45-46,49,54-55,60-61H,18-37H2,1-8H3,(H,62,74)(H,63,69)(H,64,70)/t45-,46+,49+,54+,55+,59+/m0/s1. The lowest BCUT2D eigenvalue weighted by molar-refractivity contribution is -0.315. The van der Waals surface area contributed by atoms with Gasteiger partial charge in [0.2, 0.25) is 5.91 Å². The highest BCUT2D eigenvalue weighted by atomic mass is 16.7. The van der Waals surface area contributed by atoms with Crippen molar-refractivity contribution in [1.29, 1.82) is 0 Å². The number of carbonyl (C=O) groups excluding carboxylic acids is 8. The van der Waals surface area contributed by atoms with E-state index in [0.717, 1.165) is 45.9 Å². The number of hydrogen-bond acceptors (Lipinski definition) is 26. The highest BCUT2D eigenvalue weighted by molar-refractivity contribution is 5.82. The Kier molecular flexibility index (Phi) is 31.9. The smallest absolute Gasteiger partial charge is 0.407 e. The maximum absolute atomic E-state index is 13.9. The molecule has 1 heterocycles. The molecule has 1 fully saturated rings. The highest BCUT2D eigenvalue weighted by Crippen LogP contribution is 2.37. The largest absolute Gasteiger partial charge is 0.465 e. The molecule has 3 aromatic rings. The van der Waals surface area contributed by atoms with Crippen LogP contribution in [0.5, 0.6) is 0 Å². The Balaban J connectivity index is 1.27. The Morgan fingerprint density at radius 3 is 1.61 bits per heavy atom. The number of benzene rings is 2. The van der Waals surface area contributed by atoms with Gasteiger partial charge in [0, 0.05) is 47.3 Å². The summed E-state index contributed by atoms with van der Waals surface area (Å²) in [5.74, 6) is -8.78. The minimum atomic E-state index is -2.51. The average molecular weight is 1250 g/mol. The molecular weight excluding hydrogens is 1160 g/mol. The monoisotopic (exact) mass is 1250 g/mol. The number of amides is 3. The summed E-state index contributed by atoms with van der Waals surface area (Å²) in [4.78, 5) is 127. The van der Waals surface area contributed by atoms with Crippen molar-refractivity contribution in [1.82, 2.24) is 16.0 Å². The number of esters is 5. The zero-order valence-electron chi connectivity index (χ0n) is 51.0. The van der Waals surface area contributed by atoms with Gasteiger partial charge in [0.15, 0.2) is 18.8 Å². The van der Waals surface area contributed by atoms with Crippen molar-refractivity contribution in [3.63, 3.8) is 0 Å². The van der Waals surface area contributed by atoms with E-state index in [4.69, 9.17) is 66.3 Å². The number of anilines is 2. The molecule has 0 spiro atoms. The third kappa shape index (κ3) is 26.8. The van der Waals surface area contributed by atoms with Crippen molar-refractivity contribution >= 4 is 59.1 Å². The molecule has 1 aliphatic rings. The Bertz CT molecular complexity index is 2750. The van der Waals surface area contributed by atoms with Gasteiger partial charge < -0.3 is 92.9 Å². The normalized spacial score (nSPS) is 17.1. The van der Waals surface area contributed by atoms with Gasteiger partial charge in [-0.15, -0.1) is 0 Å². The second-order valence-corrected chi connectivity index (χ2v) is 20.5. The summed E-state index contributed by atoms with van der Waals surface area (Å²) < 4.78 is 77.8. The van der Waals surface area contributed by atoms with Gasteiger partial charge in [0.25, 0.3) is 22.6 Å². The van der Waals surface area contributed by atoms with Gasteiger partial charge in [-0.1, -0.05) is 54.6 Å². The Morgan fingerprint density at radius 2 is 1.11 bits per heavy atom. The first-order valence-electron chi connectivity index (χ1n) is 28.5. The quantitative estimate of drug-likeness (QED) is 0.0231. The lowest BCUT2D eigenvalue weighted by atomic mass is 9.87. The van der Waals surface area contributed by atoms with Crippen molar-refractivity contribution in [2.24, 2.45) is 0 Å². The van der Waals surface area contributed by atoms with Gasteiger partial charge in [0.05, 0.1) is 118 Å². The first kappa shape index (κ1) is 72.8. The number of rotatable bonds is 41. The van der Waals surface area contributed by atoms with Crippen LogP contribution in [0.2, 0.25) is 0 Å². The van der Waals surface area contributed by atoms with E-state index in [1.54, 1.807) is 32.9 Å². The summed E-state index contributed by atoms with van der Waals surface area (Å²) in [6.45, 7) is 10.9.